The molecule has 0 aliphatic heterocycles. The Morgan fingerprint density at radius 3 is 2.50 bits per heavy atom. The number of benzene rings is 1. The van der Waals surface area contributed by atoms with Crippen molar-refractivity contribution in [2.75, 3.05) is 32.9 Å². The van der Waals surface area contributed by atoms with Crippen LogP contribution in [0.1, 0.15) is 0 Å². The van der Waals surface area contributed by atoms with Crippen molar-refractivity contribution in [3.05, 3.63) is 23.8 Å². The number of halogens is 2. The van der Waals surface area contributed by atoms with Gasteiger partial charge in [0.05, 0.1) is 0 Å². The van der Waals surface area contributed by atoms with E-state index >= 15 is 0 Å². The molecular formula is C10H15F2N3O2S. The SMILES string of the molecule is CN(C)CCNS(=O)(=O)c1ccc(F)c(N)c1F. The zero-order valence-electron chi connectivity index (χ0n) is 10.1. The first-order valence-electron chi connectivity index (χ1n) is 5.13. The van der Waals surface area contributed by atoms with Gasteiger partial charge in [0, 0.05) is 13.1 Å². The number of anilines is 1. The second kappa shape index (κ2) is 5.59. The number of nitrogens with one attached hydrogen (secondary N) is 1. The molecule has 0 spiro atoms. The van der Waals surface area contributed by atoms with Crippen molar-refractivity contribution in [3.8, 4) is 0 Å². The van der Waals surface area contributed by atoms with Gasteiger partial charge in [-0.2, -0.15) is 0 Å². The highest BCUT2D eigenvalue weighted by molar-refractivity contribution is 7.89. The third-order valence-electron chi connectivity index (χ3n) is 2.23. The van der Waals surface area contributed by atoms with Crippen LogP contribution in [0.2, 0.25) is 0 Å². The molecule has 0 aliphatic carbocycles. The van der Waals surface area contributed by atoms with Crippen LogP contribution in [0, 0.1) is 11.6 Å². The largest absolute Gasteiger partial charge is 0.394 e. The minimum atomic E-state index is -4.02. The standard InChI is InChI=1S/C10H15F2N3O2S/c1-15(2)6-5-14-18(16,17)8-4-3-7(11)10(13)9(8)12/h3-4,14H,5-6,13H2,1-2H3. The monoisotopic (exact) mass is 279 g/mol. The summed E-state index contributed by atoms with van der Waals surface area (Å²) in [5.74, 6) is -2.26. The van der Waals surface area contributed by atoms with E-state index in [9.17, 15) is 17.2 Å². The smallest absolute Gasteiger partial charge is 0.243 e. The number of hydrogen-bond donors (Lipinski definition) is 2. The lowest BCUT2D eigenvalue weighted by Gasteiger charge is -2.12. The lowest BCUT2D eigenvalue weighted by molar-refractivity contribution is 0.412. The average molecular weight is 279 g/mol. The molecule has 0 atom stereocenters. The van der Waals surface area contributed by atoms with E-state index in [1.807, 2.05) is 0 Å². The number of nitrogen functional groups attached to an aromatic ring is 1. The summed E-state index contributed by atoms with van der Waals surface area (Å²) in [5.41, 5.74) is 4.31. The maximum atomic E-state index is 13.5. The van der Waals surface area contributed by atoms with Crippen LogP contribution in [0.4, 0.5) is 14.5 Å². The molecule has 1 aromatic carbocycles. The molecule has 0 unspecified atom stereocenters. The van der Waals surface area contributed by atoms with Crippen LogP contribution in [0.15, 0.2) is 17.0 Å². The normalized spacial score (nSPS) is 12.1. The van der Waals surface area contributed by atoms with Gasteiger partial charge in [-0.3, -0.25) is 0 Å². The zero-order chi connectivity index (χ0) is 13.9. The Morgan fingerprint density at radius 1 is 1.33 bits per heavy atom. The van der Waals surface area contributed by atoms with E-state index in [4.69, 9.17) is 5.73 Å². The molecule has 0 heterocycles. The van der Waals surface area contributed by atoms with E-state index < -0.39 is 32.2 Å². The molecule has 0 saturated carbocycles. The molecule has 0 radical (unpaired) electrons. The summed E-state index contributed by atoms with van der Waals surface area (Å²) in [7, 11) is -0.487. The van der Waals surface area contributed by atoms with Crippen molar-refractivity contribution in [2.45, 2.75) is 4.90 Å². The summed E-state index contributed by atoms with van der Waals surface area (Å²) in [4.78, 5) is 1.11. The molecule has 5 nitrogen and oxygen atoms in total. The maximum absolute atomic E-state index is 13.5. The summed E-state index contributed by atoms with van der Waals surface area (Å²) in [6, 6.07) is 1.66. The van der Waals surface area contributed by atoms with E-state index in [1.54, 1.807) is 19.0 Å². The Morgan fingerprint density at radius 2 is 1.94 bits per heavy atom. The van der Waals surface area contributed by atoms with Gasteiger partial charge in [-0.25, -0.2) is 21.9 Å². The first kappa shape index (κ1) is 14.8. The molecule has 0 fully saturated rings. The lowest BCUT2D eigenvalue weighted by atomic mass is 10.3. The van der Waals surface area contributed by atoms with E-state index in [1.165, 1.54) is 0 Å². The zero-order valence-corrected chi connectivity index (χ0v) is 10.9. The van der Waals surface area contributed by atoms with Gasteiger partial charge in [-0.15, -0.1) is 0 Å². The maximum Gasteiger partial charge on any atom is 0.243 e. The molecule has 1 aromatic rings. The fourth-order valence-electron chi connectivity index (χ4n) is 1.24. The van der Waals surface area contributed by atoms with Gasteiger partial charge < -0.3 is 10.6 Å². The lowest BCUT2D eigenvalue weighted by Crippen LogP contribution is -2.32. The molecule has 1 rings (SSSR count). The molecule has 0 aliphatic rings. The van der Waals surface area contributed by atoms with Crippen LogP contribution >= 0.6 is 0 Å². The topological polar surface area (TPSA) is 75.4 Å². The summed E-state index contributed by atoms with van der Waals surface area (Å²) >= 11 is 0. The van der Waals surface area contributed by atoms with E-state index in [0.29, 0.717) is 6.54 Å². The summed E-state index contributed by atoms with van der Waals surface area (Å²) in [6.45, 7) is 0.573. The number of nitrogens with two attached hydrogens (primary N) is 1. The van der Waals surface area contributed by atoms with Crippen molar-refractivity contribution < 1.29 is 17.2 Å². The van der Waals surface area contributed by atoms with Crippen LogP contribution in [0.25, 0.3) is 0 Å². The fourth-order valence-corrected chi connectivity index (χ4v) is 2.35. The van der Waals surface area contributed by atoms with Crippen LogP contribution in [-0.4, -0.2) is 40.5 Å². The predicted octanol–water partition coefficient (Wildman–Crippen LogP) is 0.387. The molecular weight excluding hydrogens is 264 g/mol. The van der Waals surface area contributed by atoms with E-state index in [0.717, 1.165) is 12.1 Å². The fraction of sp³-hybridized carbons (Fsp3) is 0.400. The van der Waals surface area contributed by atoms with Crippen molar-refractivity contribution in [1.82, 2.24) is 9.62 Å². The van der Waals surface area contributed by atoms with Crippen molar-refractivity contribution >= 4 is 15.7 Å². The van der Waals surface area contributed by atoms with Crippen molar-refractivity contribution in [1.29, 1.82) is 0 Å². The molecule has 0 aromatic heterocycles. The molecule has 102 valence electrons. The molecule has 3 N–H and O–H groups in total. The highest BCUT2D eigenvalue weighted by atomic mass is 32.2. The van der Waals surface area contributed by atoms with Gasteiger partial charge in [-0.1, -0.05) is 0 Å². The average Bonchev–Trinajstić information content (AvgIpc) is 2.24. The van der Waals surface area contributed by atoms with E-state index in [2.05, 4.69) is 4.72 Å². The Balaban J connectivity index is 2.96. The molecule has 18 heavy (non-hydrogen) atoms. The van der Waals surface area contributed by atoms with Gasteiger partial charge in [0.25, 0.3) is 0 Å². The molecule has 0 amide bonds. The number of sulfonamides is 1. The predicted molar refractivity (Wildman–Crippen MR) is 64.5 cm³/mol. The van der Waals surface area contributed by atoms with Crippen molar-refractivity contribution in [2.24, 2.45) is 0 Å². The minimum absolute atomic E-state index is 0.117. The van der Waals surface area contributed by atoms with Crippen LogP contribution in [-0.2, 0) is 10.0 Å². The Labute approximate surface area is 105 Å². The van der Waals surface area contributed by atoms with Gasteiger partial charge in [0.1, 0.15) is 16.4 Å². The number of rotatable bonds is 5. The second-order valence-electron chi connectivity index (χ2n) is 3.97. The molecule has 0 bridgehead atoms. The van der Waals surface area contributed by atoms with Gasteiger partial charge in [-0.05, 0) is 26.2 Å². The highest BCUT2D eigenvalue weighted by Gasteiger charge is 2.22. The Kier molecular flexibility index (Phi) is 4.60. The van der Waals surface area contributed by atoms with Crippen LogP contribution in [0.3, 0.4) is 0 Å². The first-order valence-corrected chi connectivity index (χ1v) is 6.62. The van der Waals surface area contributed by atoms with E-state index in [-0.39, 0.29) is 6.54 Å². The second-order valence-corrected chi connectivity index (χ2v) is 5.71. The Bertz CT molecular complexity index is 532. The quantitative estimate of drug-likeness (QED) is 0.764. The van der Waals surface area contributed by atoms with Crippen LogP contribution < -0.4 is 10.5 Å². The number of nitrogens with zero attached hydrogens (tertiary/aromatic N) is 1. The number of likely N-dealkylation sites (N-methyl/N-ethyl adjacent to an activating group) is 1. The molecule has 0 saturated heterocycles. The van der Waals surface area contributed by atoms with Crippen LogP contribution in [0.5, 0.6) is 0 Å². The van der Waals surface area contributed by atoms with Gasteiger partial charge in [0.15, 0.2) is 5.82 Å². The Hall–Kier alpha value is -1.25. The highest BCUT2D eigenvalue weighted by Crippen LogP contribution is 2.22. The summed E-state index contributed by atoms with van der Waals surface area (Å²) in [6.07, 6.45) is 0. The summed E-state index contributed by atoms with van der Waals surface area (Å²) in [5, 5.41) is 0. The minimum Gasteiger partial charge on any atom is -0.394 e. The first-order chi connectivity index (χ1) is 8.25. The third kappa shape index (κ3) is 3.37. The van der Waals surface area contributed by atoms with Gasteiger partial charge >= 0.3 is 0 Å². The van der Waals surface area contributed by atoms with Gasteiger partial charge in [0.2, 0.25) is 10.0 Å². The molecule has 8 heteroatoms. The number of hydrogen-bond acceptors (Lipinski definition) is 4. The summed E-state index contributed by atoms with van der Waals surface area (Å²) < 4.78 is 52.2. The van der Waals surface area contributed by atoms with Crippen molar-refractivity contribution in [3.63, 3.8) is 0 Å². The third-order valence-corrected chi connectivity index (χ3v) is 3.71.